The van der Waals surface area contributed by atoms with Gasteiger partial charge in [0.1, 0.15) is 5.82 Å². The number of halogens is 1. The Bertz CT molecular complexity index is 976. The summed E-state index contributed by atoms with van der Waals surface area (Å²) in [4.78, 5) is 14.3. The van der Waals surface area contributed by atoms with Gasteiger partial charge in [0.2, 0.25) is 15.9 Å². The molecule has 154 valence electrons. The lowest BCUT2D eigenvalue weighted by atomic mass is 10.0. The third kappa shape index (κ3) is 5.10. The highest BCUT2D eigenvalue weighted by Gasteiger charge is 2.29. The van der Waals surface area contributed by atoms with Gasteiger partial charge in [-0.15, -0.1) is 0 Å². The minimum absolute atomic E-state index is 0.187. The summed E-state index contributed by atoms with van der Waals surface area (Å²) in [5.74, 6) is -0.179. The first-order chi connectivity index (χ1) is 13.8. The zero-order valence-electron chi connectivity index (χ0n) is 16.6. The number of nitrogens with zero attached hydrogens (tertiary/aromatic N) is 2. The van der Waals surface area contributed by atoms with E-state index in [-0.39, 0.29) is 29.7 Å². The second-order valence-electron chi connectivity index (χ2n) is 7.34. The van der Waals surface area contributed by atoms with Crippen molar-refractivity contribution in [1.82, 2.24) is 9.21 Å². The quantitative estimate of drug-likeness (QED) is 0.701. The first-order valence-corrected chi connectivity index (χ1v) is 11.0. The summed E-state index contributed by atoms with van der Waals surface area (Å²) in [6, 6.07) is 12.8. The summed E-state index contributed by atoms with van der Waals surface area (Å²) >= 11 is 0. The number of carbonyl (C=O) groups excluding carboxylic acids is 1. The largest absolute Gasteiger partial charge is 0.337 e. The monoisotopic (exact) mass is 416 g/mol. The third-order valence-electron chi connectivity index (χ3n) is 5.02. The first-order valence-electron chi connectivity index (χ1n) is 9.60. The van der Waals surface area contributed by atoms with E-state index in [0.717, 1.165) is 11.1 Å². The molecule has 0 aliphatic carbocycles. The molecule has 5 nitrogen and oxygen atoms in total. The summed E-state index contributed by atoms with van der Waals surface area (Å²) in [6.07, 6.45) is 3.06. The lowest BCUT2D eigenvalue weighted by molar-refractivity contribution is -0.127. The van der Waals surface area contributed by atoms with Gasteiger partial charge in [0.05, 0.1) is 4.90 Å². The molecule has 0 radical (unpaired) electrons. The Hall–Kier alpha value is -2.51. The van der Waals surface area contributed by atoms with E-state index in [0.29, 0.717) is 19.0 Å². The summed E-state index contributed by atoms with van der Waals surface area (Å²) in [5.41, 5.74) is 1.82. The molecule has 1 aliphatic heterocycles. The maximum Gasteiger partial charge on any atom is 0.246 e. The molecule has 1 saturated heterocycles. The fraction of sp³-hybridized carbons (Fsp3) is 0.318. The molecule has 29 heavy (non-hydrogen) atoms. The lowest BCUT2D eigenvalue weighted by Crippen LogP contribution is -2.50. The molecule has 1 amide bonds. The van der Waals surface area contributed by atoms with E-state index in [9.17, 15) is 17.6 Å². The van der Waals surface area contributed by atoms with Crippen LogP contribution < -0.4 is 0 Å². The number of sulfonamides is 1. The zero-order valence-corrected chi connectivity index (χ0v) is 17.4. The Labute approximate surface area is 171 Å². The van der Waals surface area contributed by atoms with Crippen LogP contribution in [0.4, 0.5) is 4.39 Å². The molecule has 2 aromatic rings. The fourth-order valence-corrected chi connectivity index (χ4v) is 4.59. The van der Waals surface area contributed by atoms with Crippen LogP contribution in [-0.2, 0) is 14.8 Å². The highest BCUT2D eigenvalue weighted by molar-refractivity contribution is 7.89. The minimum Gasteiger partial charge on any atom is -0.337 e. The van der Waals surface area contributed by atoms with Gasteiger partial charge in [0.25, 0.3) is 0 Å². The summed E-state index contributed by atoms with van der Waals surface area (Å²) < 4.78 is 40.1. The van der Waals surface area contributed by atoms with E-state index in [2.05, 4.69) is 13.8 Å². The normalized spacial score (nSPS) is 15.9. The predicted molar refractivity (Wildman–Crippen MR) is 111 cm³/mol. The summed E-state index contributed by atoms with van der Waals surface area (Å²) in [7, 11) is -3.57. The minimum atomic E-state index is -3.57. The molecule has 0 saturated carbocycles. The third-order valence-corrected chi connectivity index (χ3v) is 6.94. The van der Waals surface area contributed by atoms with Crippen LogP contribution >= 0.6 is 0 Å². The van der Waals surface area contributed by atoms with Gasteiger partial charge in [-0.3, -0.25) is 4.79 Å². The van der Waals surface area contributed by atoms with Gasteiger partial charge >= 0.3 is 0 Å². The van der Waals surface area contributed by atoms with E-state index in [4.69, 9.17) is 0 Å². The Morgan fingerprint density at radius 2 is 1.55 bits per heavy atom. The molecular weight excluding hydrogens is 391 g/mol. The SMILES string of the molecule is CC(C)c1ccc(S(=O)(=O)N2CCN(C(=O)/C=C/c3ccc(F)cc3)CC2)cc1. The van der Waals surface area contributed by atoms with Gasteiger partial charge < -0.3 is 4.90 Å². The molecule has 0 aromatic heterocycles. The van der Waals surface area contributed by atoms with Crippen molar-refractivity contribution in [1.29, 1.82) is 0 Å². The van der Waals surface area contributed by atoms with Crippen LogP contribution in [0.1, 0.15) is 30.9 Å². The molecule has 0 unspecified atom stereocenters. The van der Waals surface area contributed by atoms with Crippen LogP contribution in [0.5, 0.6) is 0 Å². The molecule has 0 bridgehead atoms. The fourth-order valence-electron chi connectivity index (χ4n) is 3.17. The van der Waals surface area contributed by atoms with E-state index in [1.807, 2.05) is 12.1 Å². The van der Waals surface area contributed by atoms with Crippen molar-refractivity contribution in [3.63, 3.8) is 0 Å². The molecule has 0 N–H and O–H groups in total. The first kappa shape index (κ1) is 21.2. The van der Waals surface area contributed by atoms with Crippen molar-refractivity contribution < 1.29 is 17.6 Å². The maximum absolute atomic E-state index is 12.9. The smallest absolute Gasteiger partial charge is 0.246 e. The van der Waals surface area contributed by atoms with Crippen LogP contribution in [0, 0.1) is 5.82 Å². The second-order valence-corrected chi connectivity index (χ2v) is 9.28. The Balaban J connectivity index is 1.60. The van der Waals surface area contributed by atoms with Gasteiger partial charge in [0.15, 0.2) is 0 Å². The van der Waals surface area contributed by atoms with Gasteiger partial charge in [-0.2, -0.15) is 4.31 Å². The van der Waals surface area contributed by atoms with Gasteiger partial charge in [-0.1, -0.05) is 38.1 Å². The molecule has 0 atom stereocenters. The van der Waals surface area contributed by atoms with Gasteiger partial charge in [-0.05, 0) is 47.4 Å². The maximum atomic E-state index is 12.9. The average Bonchev–Trinajstić information content (AvgIpc) is 2.73. The Morgan fingerprint density at radius 3 is 2.10 bits per heavy atom. The molecular formula is C22H25FN2O3S. The molecule has 3 rings (SSSR count). The number of hydrogen-bond acceptors (Lipinski definition) is 3. The molecule has 1 aliphatic rings. The average molecular weight is 417 g/mol. The van der Waals surface area contributed by atoms with Gasteiger partial charge in [0, 0.05) is 32.3 Å². The highest BCUT2D eigenvalue weighted by Crippen LogP contribution is 2.21. The van der Waals surface area contributed by atoms with E-state index >= 15 is 0 Å². The molecule has 2 aromatic carbocycles. The number of benzene rings is 2. The second kappa shape index (κ2) is 8.88. The van der Waals surface area contributed by atoms with E-state index in [1.54, 1.807) is 35.2 Å². The molecule has 0 spiro atoms. The number of amides is 1. The number of hydrogen-bond donors (Lipinski definition) is 0. The summed E-state index contributed by atoms with van der Waals surface area (Å²) in [6.45, 7) is 5.29. The van der Waals surface area contributed by atoms with Crippen LogP contribution in [-0.4, -0.2) is 49.7 Å². The number of piperazine rings is 1. The van der Waals surface area contributed by atoms with Crippen LogP contribution in [0.15, 0.2) is 59.5 Å². The van der Waals surface area contributed by atoms with Crippen molar-refractivity contribution in [2.24, 2.45) is 0 Å². The van der Waals surface area contributed by atoms with E-state index in [1.165, 1.54) is 22.5 Å². The van der Waals surface area contributed by atoms with Crippen molar-refractivity contribution >= 4 is 22.0 Å². The highest BCUT2D eigenvalue weighted by atomic mass is 32.2. The standard InChI is InChI=1S/C22H25FN2O3S/c1-17(2)19-6-10-21(11-7-19)29(27,28)25-15-13-24(14-16-25)22(26)12-5-18-3-8-20(23)9-4-18/h3-12,17H,13-16H2,1-2H3/b12-5+. The zero-order chi connectivity index (χ0) is 21.0. The van der Waals surface area contributed by atoms with Crippen molar-refractivity contribution in [3.8, 4) is 0 Å². The van der Waals surface area contributed by atoms with E-state index < -0.39 is 10.0 Å². The summed E-state index contributed by atoms with van der Waals surface area (Å²) in [5, 5.41) is 0. The molecule has 7 heteroatoms. The van der Waals surface area contributed by atoms with Crippen molar-refractivity contribution in [2.75, 3.05) is 26.2 Å². The van der Waals surface area contributed by atoms with Crippen molar-refractivity contribution in [2.45, 2.75) is 24.7 Å². The topological polar surface area (TPSA) is 57.7 Å². The van der Waals surface area contributed by atoms with Crippen molar-refractivity contribution in [3.05, 3.63) is 71.6 Å². The number of rotatable bonds is 5. The van der Waals surface area contributed by atoms with Crippen LogP contribution in [0.2, 0.25) is 0 Å². The Morgan fingerprint density at radius 1 is 0.966 bits per heavy atom. The Kier molecular flexibility index (Phi) is 6.49. The molecule has 1 fully saturated rings. The van der Waals surface area contributed by atoms with Crippen LogP contribution in [0.25, 0.3) is 6.08 Å². The lowest BCUT2D eigenvalue weighted by Gasteiger charge is -2.33. The van der Waals surface area contributed by atoms with Gasteiger partial charge in [-0.25, -0.2) is 12.8 Å². The predicted octanol–water partition coefficient (Wildman–Crippen LogP) is 3.50. The number of carbonyl (C=O) groups is 1. The van der Waals surface area contributed by atoms with Crippen LogP contribution in [0.3, 0.4) is 0 Å². The molecule has 1 heterocycles.